The van der Waals surface area contributed by atoms with E-state index in [1.807, 2.05) is 54.6 Å². The number of amides is 2. The van der Waals surface area contributed by atoms with Crippen LogP contribution in [0.4, 0.5) is 5.69 Å². The van der Waals surface area contributed by atoms with E-state index >= 15 is 0 Å². The molecular formula is C26H30N4O2. The summed E-state index contributed by atoms with van der Waals surface area (Å²) in [7, 11) is 0. The number of para-hydroxylation sites is 1. The summed E-state index contributed by atoms with van der Waals surface area (Å²) in [4.78, 5) is 29.8. The van der Waals surface area contributed by atoms with Gasteiger partial charge in [0, 0.05) is 23.5 Å². The van der Waals surface area contributed by atoms with Gasteiger partial charge in [0.2, 0.25) is 0 Å². The first-order chi connectivity index (χ1) is 15.5. The Kier molecular flexibility index (Phi) is 6.69. The summed E-state index contributed by atoms with van der Waals surface area (Å²) in [6, 6.07) is 16.8. The highest BCUT2D eigenvalue weighted by atomic mass is 16.2. The van der Waals surface area contributed by atoms with Crippen molar-refractivity contribution in [3.05, 3.63) is 77.1 Å². The van der Waals surface area contributed by atoms with E-state index in [1.165, 1.54) is 12.8 Å². The van der Waals surface area contributed by atoms with Crippen LogP contribution in [0, 0.1) is 5.92 Å². The number of benzene rings is 2. The second-order valence-corrected chi connectivity index (χ2v) is 8.73. The molecule has 1 aliphatic carbocycles. The molecule has 1 aliphatic heterocycles. The van der Waals surface area contributed by atoms with E-state index in [0.717, 1.165) is 30.0 Å². The Bertz CT molecular complexity index is 1020. The van der Waals surface area contributed by atoms with Gasteiger partial charge < -0.3 is 16.0 Å². The molecule has 1 saturated carbocycles. The fourth-order valence-electron chi connectivity index (χ4n) is 4.18. The van der Waals surface area contributed by atoms with Gasteiger partial charge in [-0.15, -0.1) is 0 Å². The van der Waals surface area contributed by atoms with Crippen molar-refractivity contribution in [1.29, 1.82) is 0 Å². The van der Waals surface area contributed by atoms with Gasteiger partial charge in [0.05, 0.1) is 11.7 Å². The zero-order valence-corrected chi connectivity index (χ0v) is 18.6. The number of aliphatic imine (C=N–C) groups is 1. The minimum Gasteiger partial charge on any atom is -0.367 e. The third-order valence-corrected chi connectivity index (χ3v) is 6.22. The highest BCUT2D eigenvalue weighted by molar-refractivity contribution is 6.04. The normalized spacial score (nSPS) is 22.8. The molecule has 0 bridgehead atoms. The molecule has 2 amide bonds. The third-order valence-electron chi connectivity index (χ3n) is 6.22. The highest BCUT2D eigenvalue weighted by Crippen LogP contribution is 2.24. The molecule has 0 spiro atoms. The van der Waals surface area contributed by atoms with E-state index in [2.05, 4.69) is 27.9 Å². The number of nitrogens with one attached hydrogen (secondary N) is 3. The van der Waals surface area contributed by atoms with Crippen LogP contribution in [0.2, 0.25) is 0 Å². The quantitative estimate of drug-likeness (QED) is 0.649. The standard InChI is InChI=1S/C26H30N4O2/c1-17-8-14-22(15-9-17)28-25(31)20-12-10-19(11-13-20)23-16-27-18(2)24(30-23)26(32)29-21-6-4-3-5-7-21/h3-7,10-13,16-17,22-23,30H,8-9,14-15H2,1-2H3,(H,28,31)(H,29,32). The summed E-state index contributed by atoms with van der Waals surface area (Å²) >= 11 is 0. The number of carbonyl (C=O) groups excluding carboxylic acids is 2. The molecule has 6 nitrogen and oxygen atoms in total. The van der Waals surface area contributed by atoms with Crippen molar-refractivity contribution in [3.63, 3.8) is 0 Å². The van der Waals surface area contributed by atoms with Crippen LogP contribution in [0.15, 0.2) is 71.0 Å². The second kappa shape index (κ2) is 9.81. The van der Waals surface area contributed by atoms with Gasteiger partial charge >= 0.3 is 0 Å². The van der Waals surface area contributed by atoms with Gasteiger partial charge in [-0.3, -0.25) is 14.6 Å². The SMILES string of the molecule is CC1=C(C(=O)Nc2ccccc2)NC(c2ccc(C(=O)NC3CCC(C)CC3)cc2)C=N1. The zero-order valence-electron chi connectivity index (χ0n) is 18.6. The van der Waals surface area contributed by atoms with E-state index in [1.54, 1.807) is 13.1 Å². The van der Waals surface area contributed by atoms with E-state index in [0.29, 0.717) is 17.0 Å². The lowest BCUT2D eigenvalue weighted by molar-refractivity contribution is -0.113. The molecule has 6 heteroatoms. The number of anilines is 1. The number of hydrogen-bond donors (Lipinski definition) is 3. The molecule has 0 aromatic heterocycles. The van der Waals surface area contributed by atoms with Gasteiger partial charge in [0.15, 0.2) is 0 Å². The Balaban J connectivity index is 1.38. The van der Waals surface area contributed by atoms with Gasteiger partial charge in [-0.05, 0) is 68.4 Å². The predicted molar refractivity (Wildman–Crippen MR) is 127 cm³/mol. The van der Waals surface area contributed by atoms with Crippen molar-refractivity contribution < 1.29 is 9.59 Å². The highest BCUT2D eigenvalue weighted by Gasteiger charge is 2.23. The topological polar surface area (TPSA) is 82.6 Å². The maximum Gasteiger partial charge on any atom is 0.273 e. The van der Waals surface area contributed by atoms with Crippen LogP contribution >= 0.6 is 0 Å². The molecule has 2 aromatic rings. The Morgan fingerprint density at radius 1 is 0.938 bits per heavy atom. The zero-order chi connectivity index (χ0) is 22.5. The minimum atomic E-state index is -0.243. The Morgan fingerprint density at radius 3 is 2.31 bits per heavy atom. The predicted octanol–water partition coefficient (Wildman–Crippen LogP) is 4.58. The molecule has 1 unspecified atom stereocenters. The Labute approximate surface area is 189 Å². The second-order valence-electron chi connectivity index (χ2n) is 8.73. The average molecular weight is 431 g/mol. The lowest BCUT2D eigenvalue weighted by Crippen LogP contribution is -2.37. The van der Waals surface area contributed by atoms with Gasteiger partial charge in [0.1, 0.15) is 5.70 Å². The van der Waals surface area contributed by atoms with Crippen LogP contribution in [0.5, 0.6) is 0 Å². The number of carbonyl (C=O) groups is 2. The summed E-state index contributed by atoms with van der Waals surface area (Å²) in [5, 5.41) is 9.33. The van der Waals surface area contributed by atoms with Crippen molar-refractivity contribution in [3.8, 4) is 0 Å². The molecule has 1 atom stereocenters. The molecule has 166 valence electrons. The molecule has 3 N–H and O–H groups in total. The first kappa shape index (κ1) is 21.8. The van der Waals surface area contributed by atoms with Crippen LogP contribution in [-0.4, -0.2) is 24.1 Å². The van der Waals surface area contributed by atoms with E-state index in [-0.39, 0.29) is 23.9 Å². The van der Waals surface area contributed by atoms with Crippen molar-refractivity contribution in [2.45, 2.75) is 51.6 Å². The summed E-state index contributed by atoms with van der Waals surface area (Å²) in [6.45, 7) is 4.08. The van der Waals surface area contributed by atoms with Crippen LogP contribution in [0.3, 0.4) is 0 Å². The summed E-state index contributed by atoms with van der Waals surface area (Å²) < 4.78 is 0. The molecule has 1 heterocycles. The van der Waals surface area contributed by atoms with Gasteiger partial charge in [0.25, 0.3) is 11.8 Å². The third kappa shape index (κ3) is 5.25. The first-order valence-electron chi connectivity index (χ1n) is 11.3. The molecular weight excluding hydrogens is 400 g/mol. The fourth-order valence-corrected chi connectivity index (χ4v) is 4.18. The summed E-state index contributed by atoms with van der Waals surface area (Å²) in [5.74, 6) is 0.498. The Hall–Kier alpha value is -3.41. The van der Waals surface area contributed by atoms with Crippen LogP contribution in [-0.2, 0) is 4.79 Å². The number of hydrogen-bond acceptors (Lipinski definition) is 4. The summed E-state index contributed by atoms with van der Waals surface area (Å²) in [6.07, 6.45) is 6.22. The van der Waals surface area contributed by atoms with Gasteiger partial charge in [-0.2, -0.15) is 0 Å². The van der Waals surface area contributed by atoms with Gasteiger partial charge in [-0.1, -0.05) is 37.3 Å². The first-order valence-corrected chi connectivity index (χ1v) is 11.3. The smallest absolute Gasteiger partial charge is 0.273 e. The maximum atomic E-state index is 12.7. The van der Waals surface area contributed by atoms with Crippen LogP contribution in [0.25, 0.3) is 0 Å². The average Bonchev–Trinajstić information content (AvgIpc) is 2.81. The molecule has 2 aliphatic rings. The molecule has 1 fully saturated rings. The molecule has 32 heavy (non-hydrogen) atoms. The van der Waals surface area contributed by atoms with E-state index < -0.39 is 0 Å². The molecule has 4 rings (SSSR count). The maximum absolute atomic E-state index is 12.7. The van der Waals surface area contributed by atoms with E-state index in [4.69, 9.17) is 0 Å². The van der Waals surface area contributed by atoms with Crippen molar-refractivity contribution in [1.82, 2.24) is 10.6 Å². The van der Waals surface area contributed by atoms with Crippen LogP contribution in [0.1, 0.15) is 61.5 Å². The minimum absolute atomic E-state index is 0.0277. The number of rotatable bonds is 5. The monoisotopic (exact) mass is 430 g/mol. The molecule has 0 radical (unpaired) electrons. The van der Waals surface area contributed by atoms with Crippen molar-refractivity contribution >= 4 is 23.7 Å². The fraction of sp³-hybridized carbons (Fsp3) is 0.346. The molecule has 2 aromatic carbocycles. The largest absolute Gasteiger partial charge is 0.367 e. The lowest BCUT2D eigenvalue weighted by atomic mass is 9.87. The van der Waals surface area contributed by atoms with E-state index in [9.17, 15) is 9.59 Å². The summed E-state index contributed by atoms with van der Waals surface area (Å²) in [5.41, 5.74) is 3.39. The Morgan fingerprint density at radius 2 is 1.62 bits per heavy atom. The number of allylic oxidation sites excluding steroid dienone is 1. The van der Waals surface area contributed by atoms with Crippen LogP contribution < -0.4 is 16.0 Å². The van der Waals surface area contributed by atoms with Crippen molar-refractivity contribution in [2.75, 3.05) is 5.32 Å². The van der Waals surface area contributed by atoms with Crippen molar-refractivity contribution in [2.24, 2.45) is 10.9 Å². The lowest BCUT2D eigenvalue weighted by Gasteiger charge is -2.27. The number of nitrogens with zero attached hydrogens (tertiary/aromatic N) is 1. The molecule has 0 saturated heterocycles. The van der Waals surface area contributed by atoms with Gasteiger partial charge in [-0.25, -0.2) is 0 Å².